The van der Waals surface area contributed by atoms with Crippen LogP contribution in [0.2, 0.25) is 0 Å². The van der Waals surface area contributed by atoms with Crippen LogP contribution in [-0.2, 0) is 15.8 Å². The first-order valence-corrected chi connectivity index (χ1v) is 9.28. The van der Waals surface area contributed by atoms with Crippen molar-refractivity contribution in [2.45, 2.75) is 38.5 Å². The van der Waals surface area contributed by atoms with Crippen LogP contribution in [0.15, 0.2) is 54.1 Å². The molecule has 3 nitrogen and oxygen atoms in total. The van der Waals surface area contributed by atoms with E-state index >= 15 is 0 Å². The Bertz CT molecular complexity index is 848. The Morgan fingerprint density at radius 3 is 2.42 bits per heavy atom. The van der Waals surface area contributed by atoms with Crippen molar-refractivity contribution in [1.82, 2.24) is 4.31 Å². The zero-order valence-corrected chi connectivity index (χ0v) is 15.4. The van der Waals surface area contributed by atoms with E-state index in [0.29, 0.717) is 6.54 Å². The molecule has 0 amide bonds. The van der Waals surface area contributed by atoms with Crippen molar-refractivity contribution < 1.29 is 9.00 Å². The Hall–Kier alpha value is -1.78. The third-order valence-electron chi connectivity index (χ3n) is 4.31. The molecule has 0 saturated heterocycles. The van der Waals surface area contributed by atoms with Gasteiger partial charge in [-0.05, 0) is 50.1 Å². The summed E-state index contributed by atoms with van der Waals surface area (Å²) >= 11 is 0. The lowest BCUT2D eigenvalue weighted by Gasteiger charge is -2.31. The molecule has 0 N–H and O–H groups in total. The monoisotopic (exact) mass is 341 g/mol. The molecule has 0 unspecified atom stereocenters. The molecular formula is C20H23NO2S. The van der Waals surface area contributed by atoms with E-state index in [-0.39, 0.29) is 16.6 Å². The topological polar surface area (TPSA) is 37.4 Å². The van der Waals surface area contributed by atoms with Crippen LogP contribution < -0.4 is 0 Å². The molecule has 0 fully saturated rings. The summed E-state index contributed by atoms with van der Waals surface area (Å²) in [5.41, 5.74) is 1.76. The largest absolute Gasteiger partial charge is 0.295 e. The summed E-state index contributed by atoms with van der Waals surface area (Å²) in [6.45, 7) is 8.02. The van der Waals surface area contributed by atoms with Gasteiger partial charge >= 0.3 is 0 Å². The van der Waals surface area contributed by atoms with Gasteiger partial charge in [0, 0.05) is 12.1 Å². The number of carbonyl (C=O) groups is 1. The number of hydrogen-bond acceptors (Lipinski definition) is 2. The second kappa shape index (κ2) is 6.26. The van der Waals surface area contributed by atoms with Crippen molar-refractivity contribution in [1.29, 1.82) is 0 Å². The third-order valence-corrected chi connectivity index (χ3v) is 6.14. The van der Waals surface area contributed by atoms with Gasteiger partial charge in [-0.1, -0.05) is 42.5 Å². The van der Waals surface area contributed by atoms with E-state index in [2.05, 4.69) is 24.3 Å². The van der Waals surface area contributed by atoms with Crippen LogP contribution in [0, 0.1) is 0 Å². The van der Waals surface area contributed by atoms with Gasteiger partial charge in [0.05, 0.1) is 10.8 Å². The normalized spacial score (nSPS) is 20.2. The average molecular weight is 341 g/mol. The number of fused-ring (bicyclic) bond motifs is 1. The minimum absolute atomic E-state index is 0.0431. The highest BCUT2D eigenvalue weighted by Gasteiger charge is 2.38. The highest BCUT2D eigenvalue weighted by Crippen LogP contribution is 2.38. The second-order valence-corrected chi connectivity index (χ2v) is 9.38. The Labute approximate surface area is 145 Å². The second-order valence-electron chi connectivity index (χ2n) is 7.19. The average Bonchev–Trinajstić information content (AvgIpc) is 2.97. The van der Waals surface area contributed by atoms with Gasteiger partial charge in [0.1, 0.15) is 11.0 Å². The van der Waals surface area contributed by atoms with Crippen molar-refractivity contribution in [3.8, 4) is 0 Å². The molecule has 1 heterocycles. The van der Waals surface area contributed by atoms with E-state index < -0.39 is 11.0 Å². The van der Waals surface area contributed by atoms with E-state index in [1.165, 1.54) is 0 Å². The first kappa shape index (κ1) is 17.1. The SMILES string of the molecule is CC(=O)C1=CCN([S@@](=O)C(C)(C)C)[C@@H]1c1ccc2ccccc2c1. The van der Waals surface area contributed by atoms with Crippen molar-refractivity contribution >= 4 is 27.5 Å². The summed E-state index contributed by atoms with van der Waals surface area (Å²) in [4.78, 5) is 12.1. The van der Waals surface area contributed by atoms with Crippen LogP contribution >= 0.6 is 0 Å². The lowest BCUT2D eigenvalue weighted by atomic mass is 9.96. The van der Waals surface area contributed by atoms with Gasteiger partial charge in [0.15, 0.2) is 5.78 Å². The molecule has 2 atom stereocenters. The van der Waals surface area contributed by atoms with Crippen LogP contribution in [0.25, 0.3) is 10.8 Å². The van der Waals surface area contributed by atoms with Gasteiger partial charge in [-0.15, -0.1) is 0 Å². The summed E-state index contributed by atoms with van der Waals surface area (Å²) in [5, 5.41) is 2.29. The maximum atomic E-state index is 13.0. The molecule has 0 spiro atoms. The van der Waals surface area contributed by atoms with Crippen LogP contribution in [0.4, 0.5) is 0 Å². The minimum Gasteiger partial charge on any atom is -0.295 e. The molecule has 2 aromatic carbocycles. The van der Waals surface area contributed by atoms with Crippen LogP contribution in [0.1, 0.15) is 39.3 Å². The fraction of sp³-hybridized carbons (Fsp3) is 0.350. The Balaban J connectivity index is 2.08. The Morgan fingerprint density at radius 2 is 1.79 bits per heavy atom. The van der Waals surface area contributed by atoms with Gasteiger partial charge in [-0.25, -0.2) is 8.51 Å². The predicted molar refractivity (Wildman–Crippen MR) is 100 cm³/mol. The molecule has 3 rings (SSSR count). The lowest BCUT2D eigenvalue weighted by Crippen LogP contribution is -2.38. The Kier molecular flexibility index (Phi) is 4.45. The number of carbonyl (C=O) groups excluding carboxylic acids is 1. The van der Waals surface area contributed by atoms with E-state index in [1.54, 1.807) is 6.92 Å². The quantitative estimate of drug-likeness (QED) is 0.840. The zero-order chi connectivity index (χ0) is 17.5. The lowest BCUT2D eigenvalue weighted by molar-refractivity contribution is -0.113. The van der Waals surface area contributed by atoms with Crippen molar-refractivity contribution in [2.24, 2.45) is 0 Å². The maximum Gasteiger partial charge on any atom is 0.157 e. The first-order chi connectivity index (χ1) is 11.3. The van der Waals surface area contributed by atoms with Crippen molar-refractivity contribution in [3.63, 3.8) is 0 Å². The van der Waals surface area contributed by atoms with E-state index in [1.807, 2.05) is 49.4 Å². The molecule has 1 aliphatic rings. The van der Waals surface area contributed by atoms with Gasteiger partial charge in [-0.3, -0.25) is 4.79 Å². The molecule has 126 valence electrons. The van der Waals surface area contributed by atoms with Crippen LogP contribution in [-0.4, -0.2) is 25.6 Å². The van der Waals surface area contributed by atoms with Gasteiger partial charge in [0.2, 0.25) is 0 Å². The van der Waals surface area contributed by atoms with Crippen molar-refractivity contribution in [2.75, 3.05) is 6.54 Å². The number of ketones is 1. The van der Waals surface area contributed by atoms with Crippen LogP contribution in [0.5, 0.6) is 0 Å². The molecule has 0 aliphatic carbocycles. The van der Waals surface area contributed by atoms with Gasteiger partial charge in [-0.2, -0.15) is 0 Å². The van der Waals surface area contributed by atoms with E-state index in [4.69, 9.17) is 0 Å². The Morgan fingerprint density at radius 1 is 1.12 bits per heavy atom. The molecule has 1 aliphatic heterocycles. The fourth-order valence-electron chi connectivity index (χ4n) is 3.14. The summed E-state index contributed by atoms with van der Waals surface area (Å²) in [5.74, 6) is 0.0431. The smallest absolute Gasteiger partial charge is 0.157 e. The molecule has 0 radical (unpaired) electrons. The number of nitrogens with zero attached hydrogens (tertiary/aromatic N) is 1. The van der Waals surface area contributed by atoms with E-state index in [9.17, 15) is 9.00 Å². The summed E-state index contributed by atoms with van der Waals surface area (Å²) in [6.07, 6.45) is 1.92. The highest BCUT2D eigenvalue weighted by atomic mass is 32.2. The predicted octanol–water partition coefficient (Wildman–Crippen LogP) is 4.17. The highest BCUT2D eigenvalue weighted by molar-refractivity contribution is 7.84. The van der Waals surface area contributed by atoms with E-state index in [0.717, 1.165) is 21.9 Å². The molecule has 24 heavy (non-hydrogen) atoms. The van der Waals surface area contributed by atoms with Crippen LogP contribution in [0.3, 0.4) is 0 Å². The summed E-state index contributed by atoms with van der Waals surface area (Å²) < 4.78 is 14.5. The first-order valence-electron chi connectivity index (χ1n) is 8.17. The maximum absolute atomic E-state index is 13.0. The number of hydrogen-bond donors (Lipinski definition) is 0. The molecule has 0 aromatic heterocycles. The molecule has 0 bridgehead atoms. The molecule has 0 saturated carbocycles. The van der Waals surface area contributed by atoms with Gasteiger partial charge < -0.3 is 0 Å². The summed E-state index contributed by atoms with van der Waals surface area (Å²) in [7, 11) is -1.19. The molecule has 2 aromatic rings. The summed E-state index contributed by atoms with van der Waals surface area (Å²) in [6, 6.07) is 14.1. The number of benzene rings is 2. The number of rotatable bonds is 3. The molecular weight excluding hydrogens is 318 g/mol. The molecule has 4 heteroatoms. The third kappa shape index (κ3) is 3.08. The standard InChI is InChI=1S/C20H23NO2S/c1-14(22)18-11-12-21(24(23)20(2,3)4)19(18)17-10-9-15-7-5-6-8-16(15)13-17/h5-11,13,19H,12H2,1-4H3/t19-,24+/m1/s1. The number of Topliss-reactive ketones (excluding diaryl/α,β-unsaturated/α-hetero) is 1. The van der Waals surface area contributed by atoms with Crippen molar-refractivity contribution in [3.05, 3.63) is 59.7 Å². The van der Waals surface area contributed by atoms with Gasteiger partial charge in [0.25, 0.3) is 0 Å². The minimum atomic E-state index is -1.19. The zero-order valence-electron chi connectivity index (χ0n) is 14.6. The fourth-order valence-corrected chi connectivity index (χ4v) is 4.48.